The molecule has 14 heavy (non-hydrogen) atoms. The van der Waals surface area contributed by atoms with E-state index < -0.39 is 0 Å². The van der Waals surface area contributed by atoms with Gasteiger partial charge in [0.2, 0.25) is 0 Å². The number of nitrogens with one attached hydrogen (secondary N) is 2. The molecule has 2 rings (SSSR count). The van der Waals surface area contributed by atoms with Crippen LogP contribution >= 0.6 is 0 Å². The van der Waals surface area contributed by atoms with E-state index in [-0.39, 0.29) is 0 Å². The molecule has 3 heteroatoms. The summed E-state index contributed by atoms with van der Waals surface area (Å²) in [4.78, 5) is 0. The second-order valence-corrected chi connectivity index (χ2v) is 4.98. The van der Waals surface area contributed by atoms with Gasteiger partial charge in [-0.2, -0.15) is 5.10 Å². The van der Waals surface area contributed by atoms with Crippen molar-refractivity contribution in [1.29, 1.82) is 0 Å². The Bertz CT molecular complexity index is 289. The van der Waals surface area contributed by atoms with E-state index in [1.54, 1.807) is 6.20 Å². The summed E-state index contributed by atoms with van der Waals surface area (Å²) in [5.41, 5.74) is 1.64. The summed E-state index contributed by atoms with van der Waals surface area (Å²) in [6, 6.07) is 3.06. The average molecular weight is 193 g/mol. The zero-order valence-corrected chi connectivity index (χ0v) is 9.17. The minimum atomic E-state index is 0.377. The fraction of sp³-hybridized carbons (Fsp3) is 0.727. The molecule has 1 heterocycles. The summed E-state index contributed by atoms with van der Waals surface area (Å²) in [6.45, 7) is 6.84. The van der Waals surface area contributed by atoms with Gasteiger partial charge in [-0.05, 0) is 31.2 Å². The van der Waals surface area contributed by atoms with E-state index in [0.717, 1.165) is 0 Å². The van der Waals surface area contributed by atoms with Crippen molar-refractivity contribution >= 4 is 0 Å². The Morgan fingerprint density at radius 2 is 2.43 bits per heavy atom. The molecule has 3 nitrogen and oxygen atoms in total. The number of aromatic amines is 1. The van der Waals surface area contributed by atoms with Crippen molar-refractivity contribution in [2.24, 2.45) is 5.41 Å². The Morgan fingerprint density at radius 3 is 2.86 bits per heavy atom. The van der Waals surface area contributed by atoms with Crippen LogP contribution in [-0.2, 0) is 0 Å². The number of hydrogen-bond donors (Lipinski definition) is 2. The molecule has 1 fully saturated rings. The minimum absolute atomic E-state index is 0.377. The molecule has 0 radical (unpaired) electrons. The van der Waals surface area contributed by atoms with Gasteiger partial charge in [0, 0.05) is 18.3 Å². The topological polar surface area (TPSA) is 40.7 Å². The highest BCUT2D eigenvalue weighted by Crippen LogP contribution is 2.40. The van der Waals surface area contributed by atoms with Gasteiger partial charge >= 0.3 is 0 Å². The van der Waals surface area contributed by atoms with E-state index in [2.05, 4.69) is 36.3 Å². The van der Waals surface area contributed by atoms with Gasteiger partial charge < -0.3 is 5.32 Å². The maximum Gasteiger partial charge on any atom is 0.0518 e. The van der Waals surface area contributed by atoms with Crippen LogP contribution in [0.15, 0.2) is 12.3 Å². The first kappa shape index (κ1) is 9.71. The van der Waals surface area contributed by atoms with Crippen molar-refractivity contribution in [3.05, 3.63) is 18.0 Å². The fourth-order valence-electron chi connectivity index (χ4n) is 2.07. The minimum Gasteiger partial charge on any atom is -0.306 e. The normalized spacial score (nSPS) is 26.9. The van der Waals surface area contributed by atoms with Crippen LogP contribution in [0.2, 0.25) is 0 Å². The number of aromatic nitrogens is 2. The molecule has 0 bridgehead atoms. The molecule has 2 unspecified atom stereocenters. The Labute approximate surface area is 85.3 Å². The van der Waals surface area contributed by atoms with Crippen molar-refractivity contribution in [1.82, 2.24) is 15.5 Å². The molecule has 1 saturated carbocycles. The zero-order valence-electron chi connectivity index (χ0n) is 9.17. The molecule has 1 aromatic heterocycles. The zero-order chi connectivity index (χ0) is 10.2. The first-order chi connectivity index (χ1) is 6.59. The SMILES string of the molecule is CC(NC1CCC1(C)C)c1ccn[nH]1. The molecular weight excluding hydrogens is 174 g/mol. The quantitative estimate of drug-likeness (QED) is 0.773. The van der Waals surface area contributed by atoms with E-state index in [1.807, 2.05) is 6.07 Å². The van der Waals surface area contributed by atoms with Gasteiger partial charge in [-0.3, -0.25) is 5.10 Å². The number of nitrogens with zero attached hydrogens (tertiary/aromatic N) is 1. The highest BCUT2D eigenvalue weighted by atomic mass is 15.1. The van der Waals surface area contributed by atoms with Gasteiger partial charge in [0.05, 0.1) is 5.69 Å². The molecule has 0 amide bonds. The monoisotopic (exact) mass is 193 g/mol. The lowest BCUT2D eigenvalue weighted by atomic mass is 9.67. The summed E-state index contributed by atoms with van der Waals surface area (Å²) >= 11 is 0. The molecule has 2 N–H and O–H groups in total. The summed E-state index contributed by atoms with van der Waals surface area (Å²) in [7, 11) is 0. The number of H-pyrrole nitrogens is 1. The second kappa shape index (κ2) is 3.39. The van der Waals surface area contributed by atoms with Crippen molar-refractivity contribution in [3.8, 4) is 0 Å². The highest BCUT2D eigenvalue weighted by Gasteiger charge is 2.38. The van der Waals surface area contributed by atoms with Gasteiger partial charge in [0.15, 0.2) is 0 Å². The third-order valence-corrected chi connectivity index (χ3v) is 3.46. The number of hydrogen-bond acceptors (Lipinski definition) is 2. The van der Waals surface area contributed by atoms with Crippen LogP contribution < -0.4 is 5.32 Å². The Morgan fingerprint density at radius 1 is 1.64 bits per heavy atom. The maximum absolute atomic E-state index is 3.97. The van der Waals surface area contributed by atoms with Crippen LogP contribution in [0.1, 0.15) is 45.3 Å². The van der Waals surface area contributed by atoms with Crippen molar-refractivity contribution in [3.63, 3.8) is 0 Å². The maximum atomic E-state index is 3.97. The molecule has 0 spiro atoms. The molecule has 0 aromatic carbocycles. The van der Waals surface area contributed by atoms with Crippen LogP contribution in [0.3, 0.4) is 0 Å². The molecule has 1 aromatic rings. The summed E-state index contributed by atoms with van der Waals surface area (Å²) < 4.78 is 0. The molecule has 2 atom stereocenters. The lowest BCUT2D eigenvalue weighted by Gasteiger charge is -2.46. The predicted molar refractivity (Wildman–Crippen MR) is 56.9 cm³/mol. The van der Waals surface area contributed by atoms with Gasteiger partial charge in [-0.1, -0.05) is 13.8 Å². The Kier molecular flexibility index (Phi) is 2.35. The molecule has 78 valence electrons. The van der Waals surface area contributed by atoms with E-state index in [4.69, 9.17) is 0 Å². The Balaban J connectivity index is 1.92. The Hall–Kier alpha value is -0.830. The van der Waals surface area contributed by atoms with Crippen LogP contribution in [-0.4, -0.2) is 16.2 Å². The molecule has 0 aliphatic heterocycles. The van der Waals surface area contributed by atoms with Gasteiger partial charge in [-0.15, -0.1) is 0 Å². The van der Waals surface area contributed by atoms with Crippen LogP contribution in [0.5, 0.6) is 0 Å². The summed E-state index contributed by atoms with van der Waals surface area (Å²) in [5, 5.41) is 10.6. The summed E-state index contributed by atoms with van der Waals surface area (Å²) in [6.07, 6.45) is 4.44. The standard InChI is InChI=1S/C11H19N3/c1-8(9-5-7-12-14-9)13-10-4-6-11(10,2)3/h5,7-8,10,13H,4,6H2,1-3H3,(H,12,14). The third-order valence-electron chi connectivity index (χ3n) is 3.46. The number of rotatable bonds is 3. The molecular formula is C11H19N3. The van der Waals surface area contributed by atoms with E-state index in [1.165, 1.54) is 18.5 Å². The van der Waals surface area contributed by atoms with Crippen LogP contribution in [0, 0.1) is 5.41 Å². The van der Waals surface area contributed by atoms with Gasteiger partial charge in [-0.25, -0.2) is 0 Å². The fourth-order valence-corrected chi connectivity index (χ4v) is 2.07. The molecule has 0 saturated heterocycles. The lowest BCUT2D eigenvalue weighted by Crippen LogP contribution is -2.50. The van der Waals surface area contributed by atoms with Crippen molar-refractivity contribution in [2.45, 2.75) is 45.7 Å². The van der Waals surface area contributed by atoms with E-state index in [9.17, 15) is 0 Å². The lowest BCUT2D eigenvalue weighted by molar-refractivity contribution is 0.0993. The average Bonchev–Trinajstić information content (AvgIpc) is 2.65. The van der Waals surface area contributed by atoms with E-state index in [0.29, 0.717) is 17.5 Å². The largest absolute Gasteiger partial charge is 0.306 e. The van der Waals surface area contributed by atoms with Crippen molar-refractivity contribution in [2.75, 3.05) is 0 Å². The molecule has 1 aliphatic rings. The van der Waals surface area contributed by atoms with E-state index >= 15 is 0 Å². The first-order valence-corrected chi connectivity index (χ1v) is 5.35. The smallest absolute Gasteiger partial charge is 0.0518 e. The highest BCUT2D eigenvalue weighted by molar-refractivity contribution is 5.05. The van der Waals surface area contributed by atoms with Gasteiger partial charge in [0.1, 0.15) is 0 Å². The van der Waals surface area contributed by atoms with Crippen LogP contribution in [0.4, 0.5) is 0 Å². The first-order valence-electron chi connectivity index (χ1n) is 5.35. The van der Waals surface area contributed by atoms with Gasteiger partial charge in [0.25, 0.3) is 0 Å². The summed E-state index contributed by atoms with van der Waals surface area (Å²) in [5.74, 6) is 0. The third kappa shape index (κ3) is 1.69. The second-order valence-electron chi connectivity index (χ2n) is 4.98. The predicted octanol–water partition coefficient (Wildman–Crippen LogP) is 2.25. The van der Waals surface area contributed by atoms with Crippen LogP contribution in [0.25, 0.3) is 0 Å². The molecule has 1 aliphatic carbocycles. The van der Waals surface area contributed by atoms with Crippen molar-refractivity contribution < 1.29 is 0 Å².